The summed E-state index contributed by atoms with van der Waals surface area (Å²) in [4.78, 5) is 30.1. The molecule has 0 amide bonds. The zero-order valence-electron chi connectivity index (χ0n) is 16.2. The molecule has 2 heterocycles. The topological polar surface area (TPSA) is 93.4 Å². The van der Waals surface area contributed by atoms with Crippen LogP contribution in [0.4, 0.5) is 0 Å². The first-order valence-corrected chi connectivity index (χ1v) is 8.78. The molecule has 0 saturated carbocycles. The zero-order chi connectivity index (χ0) is 19.1. The van der Waals surface area contributed by atoms with Gasteiger partial charge in [0.05, 0.1) is 20.1 Å². The maximum atomic E-state index is 11.7. The Kier molecular flexibility index (Phi) is 9.61. The van der Waals surface area contributed by atoms with Crippen LogP contribution in [0.25, 0.3) is 0 Å². The molecule has 2 rings (SSSR count). The molecular formula is C18H28IN3O5. The van der Waals surface area contributed by atoms with E-state index in [-0.39, 0.29) is 35.9 Å². The number of aryl methyl sites for hydroxylation is 1. The highest BCUT2D eigenvalue weighted by Gasteiger charge is 2.27. The Bertz CT molecular complexity index is 666. The Balaban J connectivity index is 0.00000364. The molecule has 1 saturated heterocycles. The Morgan fingerprint density at radius 1 is 1.30 bits per heavy atom. The van der Waals surface area contributed by atoms with Gasteiger partial charge in [-0.15, -0.1) is 24.0 Å². The molecule has 0 unspecified atom stereocenters. The minimum absolute atomic E-state index is 0. The number of nitrogens with zero attached hydrogens (tertiary/aromatic N) is 2. The predicted octanol–water partition coefficient (Wildman–Crippen LogP) is 2.34. The summed E-state index contributed by atoms with van der Waals surface area (Å²) in [6, 6.07) is 1.66. The lowest BCUT2D eigenvalue weighted by atomic mass is 9.97. The van der Waals surface area contributed by atoms with Crippen LogP contribution in [0.15, 0.2) is 15.5 Å². The summed E-state index contributed by atoms with van der Waals surface area (Å²) >= 11 is 0. The first kappa shape index (κ1) is 23.3. The molecule has 152 valence electrons. The van der Waals surface area contributed by atoms with E-state index in [1.54, 1.807) is 13.0 Å². The van der Waals surface area contributed by atoms with Gasteiger partial charge in [-0.1, -0.05) is 0 Å². The first-order chi connectivity index (χ1) is 12.5. The second-order valence-electron chi connectivity index (χ2n) is 6.13. The van der Waals surface area contributed by atoms with Crippen molar-refractivity contribution in [1.82, 2.24) is 10.2 Å². The monoisotopic (exact) mass is 493 g/mol. The normalized spacial score (nSPS) is 15.1. The molecule has 0 aromatic carbocycles. The van der Waals surface area contributed by atoms with Crippen molar-refractivity contribution < 1.29 is 23.5 Å². The smallest absolute Gasteiger partial charge is 0.341 e. The van der Waals surface area contributed by atoms with Gasteiger partial charge in [-0.25, -0.2) is 9.79 Å². The Morgan fingerprint density at radius 2 is 1.96 bits per heavy atom. The molecule has 0 atom stereocenters. The number of hydrogen-bond acceptors (Lipinski definition) is 6. The van der Waals surface area contributed by atoms with Crippen molar-refractivity contribution in [2.45, 2.75) is 33.2 Å². The fourth-order valence-corrected chi connectivity index (χ4v) is 3.01. The number of guanidine groups is 1. The van der Waals surface area contributed by atoms with Gasteiger partial charge in [-0.05, 0) is 32.8 Å². The van der Waals surface area contributed by atoms with Gasteiger partial charge in [-0.3, -0.25) is 4.79 Å². The summed E-state index contributed by atoms with van der Waals surface area (Å²) in [6.45, 7) is 6.25. The number of aliphatic imine (C=N–C) groups is 1. The molecule has 0 spiro atoms. The van der Waals surface area contributed by atoms with Gasteiger partial charge < -0.3 is 24.1 Å². The first-order valence-electron chi connectivity index (χ1n) is 8.78. The summed E-state index contributed by atoms with van der Waals surface area (Å²) in [6.07, 6.45) is 1.48. The third-order valence-electron chi connectivity index (χ3n) is 4.42. The SMILES string of the molecule is CCNC(=NCc1cc(C(=O)OC)c(C)o1)N1CCC(C(=O)OC)CC1.I. The predicted molar refractivity (Wildman–Crippen MR) is 111 cm³/mol. The number of carbonyl (C=O) groups is 2. The second-order valence-corrected chi connectivity index (χ2v) is 6.13. The van der Waals surface area contributed by atoms with E-state index in [0.717, 1.165) is 38.4 Å². The fourth-order valence-electron chi connectivity index (χ4n) is 3.01. The lowest BCUT2D eigenvalue weighted by Crippen LogP contribution is -2.46. The number of piperidine rings is 1. The number of rotatable bonds is 5. The van der Waals surface area contributed by atoms with Crippen molar-refractivity contribution in [3.05, 3.63) is 23.2 Å². The summed E-state index contributed by atoms with van der Waals surface area (Å²) in [5.74, 6) is 1.28. The van der Waals surface area contributed by atoms with E-state index in [1.165, 1.54) is 14.2 Å². The lowest BCUT2D eigenvalue weighted by Gasteiger charge is -2.33. The number of halogens is 1. The third-order valence-corrected chi connectivity index (χ3v) is 4.42. The van der Waals surface area contributed by atoms with E-state index in [2.05, 4.69) is 15.2 Å². The number of ether oxygens (including phenoxy) is 2. The van der Waals surface area contributed by atoms with Crippen LogP contribution < -0.4 is 5.32 Å². The quantitative estimate of drug-likeness (QED) is 0.291. The van der Waals surface area contributed by atoms with Crippen molar-refractivity contribution in [1.29, 1.82) is 0 Å². The molecular weight excluding hydrogens is 465 g/mol. The highest BCUT2D eigenvalue weighted by atomic mass is 127. The van der Waals surface area contributed by atoms with E-state index >= 15 is 0 Å². The molecule has 8 nitrogen and oxygen atoms in total. The molecule has 0 radical (unpaired) electrons. The lowest BCUT2D eigenvalue weighted by molar-refractivity contribution is -0.146. The van der Waals surface area contributed by atoms with Crippen LogP contribution in [0.1, 0.15) is 41.6 Å². The fraction of sp³-hybridized carbons (Fsp3) is 0.611. The molecule has 27 heavy (non-hydrogen) atoms. The molecule has 1 aromatic heterocycles. The molecule has 1 aliphatic heterocycles. The highest BCUT2D eigenvalue weighted by Crippen LogP contribution is 2.19. The summed E-state index contributed by atoms with van der Waals surface area (Å²) < 4.78 is 15.2. The maximum absolute atomic E-state index is 11.7. The molecule has 1 N–H and O–H groups in total. The number of nitrogens with one attached hydrogen (secondary N) is 1. The van der Waals surface area contributed by atoms with Gasteiger partial charge in [0.2, 0.25) is 0 Å². The van der Waals surface area contributed by atoms with Crippen LogP contribution in [-0.4, -0.2) is 56.7 Å². The Labute approximate surface area is 176 Å². The van der Waals surface area contributed by atoms with Crippen LogP contribution >= 0.6 is 24.0 Å². The van der Waals surface area contributed by atoms with Gasteiger partial charge in [0.1, 0.15) is 23.6 Å². The Hall–Kier alpha value is -1.78. The molecule has 0 aliphatic carbocycles. The largest absolute Gasteiger partial charge is 0.469 e. The third kappa shape index (κ3) is 6.12. The summed E-state index contributed by atoms with van der Waals surface area (Å²) in [5, 5.41) is 3.26. The van der Waals surface area contributed by atoms with Gasteiger partial charge in [-0.2, -0.15) is 0 Å². The minimum atomic E-state index is -0.418. The van der Waals surface area contributed by atoms with Crippen molar-refractivity contribution >= 4 is 41.9 Å². The Morgan fingerprint density at radius 3 is 2.52 bits per heavy atom. The average Bonchev–Trinajstić information content (AvgIpc) is 3.04. The van der Waals surface area contributed by atoms with Crippen LogP contribution in [0.5, 0.6) is 0 Å². The van der Waals surface area contributed by atoms with E-state index < -0.39 is 5.97 Å². The number of hydrogen-bond donors (Lipinski definition) is 1. The number of carbonyl (C=O) groups excluding carboxylic acids is 2. The molecule has 1 aliphatic rings. The minimum Gasteiger partial charge on any atom is -0.469 e. The van der Waals surface area contributed by atoms with E-state index in [4.69, 9.17) is 13.9 Å². The summed E-state index contributed by atoms with van der Waals surface area (Å²) in [5.41, 5.74) is 0.418. The second kappa shape index (κ2) is 11.2. The maximum Gasteiger partial charge on any atom is 0.341 e. The van der Waals surface area contributed by atoms with Crippen molar-refractivity contribution in [3.63, 3.8) is 0 Å². The highest BCUT2D eigenvalue weighted by molar-refractivity contribution is 14.0. The number of methoxy groups -OCH3 is 2. The van der Waals surface area contributed by atoms with Gasteiger partial charge in [0.15, 0.2) is 5.96 Å². The van der Waals surface area contributed by atoms with Crippen molar-refractivity contribution in [3.8, 4) is 0 Å². The van der Waals surface area contributed by atoms with E-state index in [9.17, 15) is 9.59 Å². The number of esters is 2. The van der Waals surface area contributed by atoms with Gasteiger partial charge in [0.25, 0.3) is 0 Å². The number of furan rings is 1. The van der Waals surface area contributed by atoms with Crippen molar-refractivity contribution in [2.75, 3.05) is 33.9 Å². The standard InChI is InChI=1S/C18H27N3O5.HI/c1-5-19-18(21-8-6-13(7-9-21)16(22)24-3)20-11-14-10-15(12(2)26-14)17(23)25-4;/h10,13H,5-9,11H2,1-4H3,(H,19,20);1H. The van der Waals surface area contributed by atoms with Crippen LogP contribution in [-0.2, 0) is 20.8 Å². The van der Waals surface area contributed by atoms with Crippen LogP contribution in [0, 0.1) is 12.8 Å². The molecule has 1 aromatic rings. The number of likely N-dealkylation sites (tertiary alicyclic amines) is 1. The van der Waals surface area contributed by atoms with E-state index in [1.807, 2.05) is 6.92 Å². The van der Waals surface area contributed by atoms with Crippen LogP contribution in [0.3, 0.4) is 0 Å². The average molecular weight is 493 g/mol. The van der Waals surface area contributed by atoms with E-state index in [0.29, 0.717) is 23.6 Å². The summed E-state index contributed by atoms with van der Waals surface area (Å²) in [7, 11) is 2.77. The van der Waals surface area contributed by atoms with Gasteiger partial charge >= 0.3 is 11.9 Å². The molecule has 9 heteroatoms. The molecule has 1 fully saturated rings. The molecule has 0 bridgehead atoms. The van der Waals surface area contributed by atoms with Crippen LogP contribution in [0.2, 0.25) is 0 Å². The van der Waals surface area contributed by atoms with Crippen molar-refractivity contribution in [2.24, 2.45) is 10.9 Å². The van der Waals surface area contributed by atoms with Gasteiger partial charge in [0, 0.05) is 19.6 Å². The zero-order valence-corrected chi connectivity index (χ0v) is 18.6.